The van der Waals surface area contributed by atoms with Crippen molar-refractivity contribution in [1.29, 1.82) is 0 Å². The van der Waals surface area contributed by atoms with Gasteiger partial charge < -0.3 is 30.1 Å². The van der Waals surface area contributed by atoms with Gasteiger partial charge in [-0.1, -0.05) is 37.3 Å². The number of hydrogen-bond acceptors (Lipinski definition) is 6. The molecule has 0 bridgehead atoms. The molecular weight excluding hydrogens is 637 g/mol. The highest BCUT2D eigenvalue weighted by Crippen LogP contribution is 2.32. The summed E-state index contributed by atoms with van der Waals surface area (Å²) in [5.41, 5.74) is 0.900. The van der Waals surface area contributed by atoms with E-state index in [0.717, 1.165) is 41.3 Å². The molecular formula is C37H39F3N4O5. The number of rotatable bonds is 10. The number of benzene rings is 4. The van der Waals surface area contributed by atoms with Crippen LogP contribution in [0, 0.1) is 5.92 Å². The molecule has 1 heterocycles. The standard InChI is InChI=1S/C37H39F3N4O5/c1-24-20-44(25(2)23-45)35(46)32-19-29(42-36(47)41-28-13-11-27(12-14-28)37(38,39)40)15-18-33(32)49-34(24)22-43(3)21-26-9-16-31(17-10-26)48-30-7-5-4-6-8-30/h4-19,24-25,34,45H,20-23H2,1-3H3,(H2,41,42,47)/t24-,25+,34-/m1/s1. The minimum absolute atomic E-state index is 0.0949. The van der Waals surface area contributed by atoms with Crippen LogP contribution in [-0.4, -0.2) is 65.7 Å². The van der Waals surface area contributed by atoms with E-state index < -0.39 is 23.8 Å². The largest absolute Gasteiger partial charge is 0.488 e. The van der Waals surface area contributed by atoms with Gasteiger partial charge in [0.1, 0.15) is 23.4 Å². The minimum atomic E-state index is -4.49. The number of nitrogens with zero attached hydrogens (tertiary/aromatic N) is 2. The van der Waals surface area contributed by atoms with Crippen LogP contribution in [0.25, 0.3) is 0 Å². The Labute approximate surface area is 283 Å². The fourth-order valence-electron chi connectivity index (χ4n) is 5.53. The number of carbonyl (C=O) groups is 2. The van der Waals surface area contributed by atoms with Gasteiger partial charge in [0, 0.05) is 36.9 Å². The first kappa shape index (κ1) is 35.2. The molecule has 0 saturated carbocycles. The lowest BCUT2D eigenvalue weighted by Gasteiger charge is -2.38. The molecule has 258 valence electrons. The number of aliphatic hydroxyl groups excluding tert-OH is 1. The molecule has 1 aliphatic rings. The summed E-state index contributed by atoms with van der Waals surface area (Å²) in [6, 6.07) is 25.0. The van der Waals surface area contributed by atoms with Crippen LogP contribution in [0.3, 0.4) is 0 Å². The maximum atomic E-state index is 13.8. The lowest BCUT2D eigenvalue weighted by atomic mass is 9.99. The normalized spacial score (nSPS) is 17.0. The van der Waals surface area contributed by atoms with Gasteiger partial charge >= 0.3 is 12.2 Å². The van der Waals surface area contributed by atoms with Crippen molar-refractivity contribution in [3.05, 3.63) is 114 Å². The summed E-state index contributed by atoms with van der Waals surface area (Å²) in [6.45, 7) is 5.03. The summed E-state index contributed by atoms with van der Waals surface area (Å²) < 4.78 is 51.1. The van der Waals surface area contributed by atoms with E-state index in [4.69, 9.17) is 9.47 Å². The number of carbonyl (C=O) groups excluding carboxylic acids is 2. The Bertz CT molecular complexity index is 1720. The van der Waals surface area contributed by atoms with E-state index >= 15 is 0 Å². The molecule has 3 N–H and O–H groups in total. The predicted molar refractivity (Wildman–Crippen MR) is 181 cm³/mol. The van der Waals surface area contributed by atoms with Crippen LogP contribution in [-0.2, 0) is 12.7 Å². The molecule has 0 radical (unpaired) electrons. The van der Waals surface area contributed by atoms with Crippen LogP contribution in [0.4, 0.5) is 29.3 Å². The summed E-state index contributed by atoms with van der Waals surface area (Å²) >= 11 is 0. The third kappa shape index (κ3) is 9.30. The van der Waals surface area contributed by atoms with Crippen molar-refractivity contribution in [3.8, 4) is 17.2 Å². The SMILES string of the molecule is C[C@@H]1CN([C@@H](C)CO)C(=O)c2cc(NC(=O)Nc3ccc(C(F)(F)F)cc3)ccc2O[C@@H]1CN(C)Cc1ccc(Oc2ccccc2)cc1. The number of nitrogens with one attached hydrogen (secondary N) is 2. The number of amides is 3. The topological polar surface area (TPSA) is 103 Å². The first-order valence-corrected chi connectivity index (χ1v) is 15.9. The molecule has 3 atom stereocenters. The number of ether oxygens (including phenoxy) is 2. The summed E-state index contributed by atoms with van der Waals surface area (Å²) in [6.07, 6.45) is -4.82. The van der Waals surface area contributed by atoms with Crippen LogP contribution in [0.1, 0.15) is 35.3 Å². The fraction of sp³-hybridized carbons (Fsp3) is 0.297. The number of aliphatic hydroxyl groups is 1. The van der Waals surface area contributed by atoms with Gasteiger partial charge in [-0.25, -0.2) is 4.79 Å². The van der Waals surface area contributed by atoms with Crippen molar-refractivity contribution in [2.24, 2.45) is 5.92 Å². The predicted octanol–water partition coefficient (Wildman–Crippen LogP) is 7.49. The number of halogens is 3. The van der Waals surface area contributed by atoms with Gasteiger partial charge in [-0.3, -0.25) is 9.69 Å². The molecule has 0 unspecified atom stereocenters. The van der Waals surface area contributed by atoms with E-state index in [9.17, 15) is 27.9 Å². The number of urea groups is 1. The van der Waals surface area contributed by atoms with Gasteiger partial charge in [-0.2, -0.15) is 13.2 Å². The second-order valence-corrected chi connectivity index (χ2v) is 12.2. The highest BCUT2D eigenvalue weighted by atomic mass is 19.4. The number of hydrogen-bond donors (Lipinski definition) is 3. The summed E-state index contributed by atoms with van der Waals surface area (Å²) in [7, 11) is 1.99. The maximum Gasteiger partial charge on any atom is 0.416 e. The average molecular weight is 677 g/mol. The summed E-state index contributed by atoms with van der Waals surface area (Å²) in [5.74, 6) is 1.37. The second-order valence-electron chi connectivity index (χ2n) is 12.2. The molecule has 0 fully saturated rings. The first-order valence-electron chi connectivity index (χ1n) is 15.9. The number of para-hydroxylation sites is 1. The van der Waals surface area contributed by atoms with E-state index in [-0.39, 0.29) is 41.5 Å². The zero-order valence-electron chi connectivity index (χ0n) is 27.4. The number of anilines is 2. The third-order valence-corrected chi connectivity index (χ3v) is 8.24. The molecule has 0 saturated heterocycles. The monoisotopic (exact) mass is 676 g/mol. The first-order chi connectivity index (χ1) is 23.4. The number of fused-ring (bicyclic) bond motifs is 1. The molecule has 49 heavy (non-hydrogen) atoms. The van der Waals surface area contributed by atoms with Crippen LogP contribution in [0.5, 0.6) is 17.2 Å². The lowest BCUT2D eigenvalue weighted by molar-refractivity contribution is -0.137. The maximum absolute atomic E-state index is 13.8. The molecule has 0 spiro atoms. The van der Waals surface area contributed by atoms with Crippen LogP contribution < -0.4 is 20.1 Å². The Morgan fingerprint density at radius 1 is 0.980 bits per heavy atom. The van der Waals surface area contributed by atoms with Gasteiger partial charge in [0.2, 0.25) is 0 Å². The van der Waals surface area contributed by atoms with E-state index in [1.54, 1.807) is 24.0 Å². The quantitative estimate of drug-likeness (QED) is 0.161. The molecule has 12 heteroatoms. The van der Waals surface area contributed by atoms with Gasteiger partial charge in [0.15, 0.2) is 0 Å². The second kappa shape index (κ2) is 15.4. The van der Waals surface area contributed by atoms with E-state index in [0.29, 0.717) is 25.4 Å². The number of alkyl halides is 3. The van der Waals surface area contributed by atoms with Crippen molar-refractivity contribution in [1.82, 2.24) is 9.80 Å². The van der Waals surface area contributed by atoms with E-state index in [1.165, 1.54) is 6.07 Å². The molecule has 5 rings (SSSR count). The van der Waals surface area contributed by atoms with Crippen LogP contribution >= 0.6 is 0 Å². The van der Waals surface area contributed by atoms with E-state index in [2.05, 4.69) is 15.5 Å². The van der Waals surface area contributed by atoms with Gasteiger partial charge in [0.25, 0.3) is 5.91 Å². The van der Waals surface area contributed by atoms with Crippen molar-refractivity contribution < 1.29 is 37.3 Å². The molecule has 3 amide bonds. The molecule has 0 aromatic heterocycles. The molecule has 9 nitrogen and oxygen atoms in total. The number of likely N-dealkylation sites (N-methyl/N-ethyl adjacent to an activating group) is 1. The van der Waals surface area contributed by atoms with Crippen molar-refractivity contribution in [3.63, 3.8) is 0 Å². The Kier molecular flexibility index (Phi) is 11.1. The Balaban J connectivity index is 1.28. The fourth-order valence-corrected chi connectivity index (χ4v) is 5.53. The van der Waals surface area contributed by atoms with Gasteiger partial charge in [-0.15, -0.1) is 0 Å². The zero-order valence-corrected chi connectivity index (χ0v) is 27.4. The molecule has 1 aliphatic heterocycles. The highest BCUT2D eigenvalue weighted by Gasteiger charge is 2.34. The van der Waals surface area contributed by atoms with Gasteiger partial charge in [0.05, 0.1) is 23.8 Å². The zero-order chi connectivity index (χ0) is 35.1. The smallest absolute Gasteiger partial charge is 0.416 e. The highest BCUT2D eigenvalue weighted by molar-refractivity contribution is 6.02. The Morgan fingerprint density at radius 3 is 2.27 bits per heavy atom. The van der Waals surface area contributed by atoms with Crippen molar-refractivity contribution in [2.75, 3.05) is 37.4 Å². The molecule has 4 aromatic carbocycles. The summed E-state index contributed by atoms with van der Waals surface area (Å²) in [4.78, 5) is 30.2. The van der Waals surface area contributed by atoms with E-state index in [1.807, 2.05) is 68.6 Å². The Morgan fingerprint density at radius 2 is 1.61 bits per heavy atom. The van der Waals surface area contributed by atoms with Crippen molar-refractivity contribution >= 4 is 23.3 Å². The van der Waals surface area contributed by atoms with Gasteiger partial charge in [-0.05, 0) is 86.3 Å². The van der Waals surface area contributed by atoms with Crippen LogP contribution in [0.2, 0.25) is 0 Å². The average Bonchev–Trinajstić information content (AvgIpc) is 3.07. The molecule has 0 aliphatic carbocycles. The van der Waals surface area contributed by atoms with Crippen LogP contribution in [0.15, 0.2) is 97.1 Å². The summed E-state index contributed by atoms with van der Waals surface area (Å²) in [5, 5.41) is 15.1. The third-order valence-electron chi connectivity index (χ3n) is 8.24. The Hall–Kier alpha value is -5.07. The molecule has 4 aromatic rings. The lowest BCUT2D eigenvalue weighted by Crippen LogP contribution is -2.49. The van der Waals surface area contributed by atoms with Crippen molar-refractivity contribution in [2.45, 2.75) is 38.7 Å². The minimum Gasteiger partial charge on any atom is -0.488 e.